The largest absolute Gasteiger partial charge is 0.492 e. The quantitative estimate of drug-likeness (QED) is 0.163. The molecule has 3 N–H and O–H groups in total. The molecule has 48 heavy (non-hydrogen) atoms. The van der Waals surface area contributed by atoms with E-state index in [4.69, 9.17) is 9.72 Å². The normalized spacial score (nSPS) is 13.4. The van der Waals surface area contributed by atoms with Crippen LogP contribution in [0.2, 0.25) is 0 Å². The molecule has 1 fully saturated rings. The number of nitrogens with zero attached hydrogens (tertiary/aromatic N) is 6. The summed E-state index contributed by atoms with van der Waals surface area (Å²) in [6.07, 6.45) is 9.11. The van der Waals surface area contributed by atoms with Gasteiger partial charge >= 0.3 is 0 Å². The summed E-state index contributed by atoms with van der Waals surface area (Å²) in [6.45, 7) is 3.45. The van der Waals surface area contributed by atoms with Gasteiger partial charge in [0.05, 0.1) is 28.5 Å². The third-order valence-electron chi connectivity index (χ3n) is 8.43. The Labute approximate surface area is 274 Å². The number of carbonyl (C=O) groups excluding carboxylic acids is 1. The number of pyridine rings is 3. The van der Waals surface area contributed by atoms with E-state index < -0.39 is 5.82 Å². The highest BCUT2D eigenvalue weighted by Gasteiger charge is 2.19. The summed E-state index contributed by atoms with van der Waals surface area (Å²) < 4.78 is 20.7. The molecule has 0 atom stereocenters. The standard InChI is InChI=1S/C36H30FN9O2/c37-26-14-23(16-28(18-26)48-13-12-46-10-4-5-11-46)31-33-30(8-9-39-31)42-35(43-33)32-29-17-25(20-40-34(29)45-44-32)24-15-27(21-38-19-24)41-36(47)22-6-2-1-3-7-22/h1-3,6-9,14-21H,4-5,10-13H2,(H,41,47)(H,42,43)(H,40,44,45). The first-order valence-corrected chi connectivity index (χ1v) is 15.7. The van der Waals surface area contributed by atoms with E-state index in [2.05, 4.69) is 40.3 Å². The minimum atomic E-state index is -0.409. The van der Waals surface area contributed by atoms with Crippen LogP contribution in [0, 0.1) is 5.82 Å². The summed E-state index contributed by atoms with van der Waals surface area (Å²) in [7, 11) is 0. The van der Waals surface area contributed by atoms with Gasteiger partial charge in [-0.05, 0) is 68.4 Å². The van der Waals surface area contributed by atoms with Crippen molar-refractivity contribution in [3.8, 4) is 39.7 Å². The second-order valence-electron chi connectivity index (χ2n) is 11.7. The predicted molar refractivity (Wildman–Crippen MR) is 181 cm³/mol. The number of hydrogen-bond donors (Lipinski definition) is 3. The van der Waals surface area contributed by atoms with Gasteiger partial charge in [0, 0.05) is 53.5 Å². The van der Waals surface area contributed by atoms with Gasteiger partial charge in [-0.25, -0.2) is 14.4 Å². The number of anilines is 1. The van der Waals surface area contributed by atoms with E-state index in [-0.39, 0.29) is 5.91 Å². The van der Waals surface area contributed by atoms with Crippen LogP contribution in [0.1, 0.15) is 23.2 Å². The average molecular weight is 640 g/mol. The third kappa shape index (κ3) is 5.96. The summed E-state index contributed by atoms with van der Waals surface area (Å²) in [5, 5.41) is 11.2. The fourth-order valence-corrected chi connectivity index (χ4v) is 6.04. The number of likely N-dealkylation sites (tertiary alicyclic amines) is 1. The molecule has 0 unspecified atom stereocenters. The van der Waals surface area contributed by atoms with Crippen molar-refractivity contribution < 1.29 is 13.9 Å². The number of imidazole rings is 1. The van der Waals surface area contributed by atoms with Gasteiger partial charge in [-0.3, -0.25) is 24.8 Å². The van der Waals surface area contributed by atoms with Gasteiger partial charge in [0.15, 0.2) is 11.5 Å². The molecule has 2 aromatic carbocycles. The molecule has 5 aromatic heterocycles. The number of amides is 1. The van der Waals surface area contributed by atoms with Crippen LogP contribution < -0.4 is 10.1 Å². The number of H-pyrrole nitrogens is 2. The molecule has 6 heterocycles. The van der Waals surface area contributed by atoms with Gasteiger partial charge in [-0.15, -0.1) is 0 Å². The maximum atomic E-state index is 14.8. The molecular weight excluding hydrogens is 609 g/mol. The Morgan fingerprint density at radius 2 is 1.77 bits per heavy atom. The van der Waals surface area contributed by atoms with Crippen molar-refractivity contribution in [1.29, 1.82) is 0 Å². The molecule has 0 bridgehead atoms. The summed E-state index contributed by atoms with van der Waals surface area (Å²) in [5.41, 5.74) is 6.20. The summed E-state index contributed by atoms with van der Waals surface area (Å²) in [5.74, 6) is 0.325. The van der Waals surface area contributed by atoms with Crippen molar-refractivity contribution in [3.63, 3.8) is 0 Å². The van der Waals surface area contributed by atoms with E-state index in [9.17, 15) is 9.18 Å². The fourth-order valence-electron chi connectivity index (χ4n) is 6.04. The van der Waals surface area contributed by atoms with E-state index in [0.29, 0.717) is 57.5 Å². The number of nitrogens with one attached hydrogen (secondary N) is 3. The van der Waals surface area contributed by atoms with E-state index >= 15 is 0 Å². The second-order valence-corrected chi connectivity index (χ2v) is 11.7. The Bertz CT molecular complexity index is 2260. The highest BCUT2D eigenvalue weighted by molar-refractivity contribution is 6.04. The lowest BCUT2D eigenvalue weighted by Gasteiger charge is -2.15. The lowest BCUT2D eigenvalue weighted by Crippen LogP contribution is -2.25. The van der Waals surface area contributed by atoms with Crippen LogP contribution in [0.3, 0.4) is 0 Å². The smallest absolute Gasteiger partial charge is 0.255 e. The highest BCUT2D eigenvalue weighted by Crippen LogP contribution is 2.33. The number of aromatic amines is 2. The van der Waals surface area contributed by atoms with Crippen molar-refractivity contribution in [2.75, 3.05) is 31.6 Å². The van der Waals surface area contributed by atoms with Crippen molar-refractivity contribution in [2.24, 2.45) is 0 Å². The molecule has 1 amide bonds. The van der Waals surface area contributed by atoms with E-state index in [1.807, 2.05) is 36.4 Å². The second kappa shape index (κ2) is 12.6. The Morgan fingerprint density at radius 1 is 0.917 bits per heavy atom. The minimum absolute atomic E-state index is 0.224. The number of rotatable bonds is 9. The van der Waals surface area contributed by atoms with Crippen LogP contribution in [0.4, 0.5) is 10.1 Å². The monoisotopic (exact) mass is 639 g/mol. The highest BCUT2D eigenvalue weighted by atomic mass is 19.1. The Balaban J connectivity index is 1.08. The van der Waals surface area contributed by atoms with Crippen molar-refractivity contribution in [1.82, 2.24) is 40.0 Å². The van der Waals surface area contributed by atoms with E-state index in [1.165, 1.54) is 25.0 Å². The molecule has 11 nitrogen and oxygen atoms in total. The van der Waals surface area contributed by atoms with Gasteiger partial charge in [-0.1, -0.05) is 18.2 Å². The van der Waals surface area contributed by atoms with Crippen LogP contribution in [-0.2, 0) is 0 Å². The molecule has 0 aliphatic carbocycles. The number of fused-ring (bicyclic) bond motifs is 2. The molecule has 7 aromatic rings. The number of carbonyl (C=O) groups is 1. The number of hydrogen-bond acceptors (Lipinski definition) is 8. The molecule has 12 heteroatoms. The van der Waals surface area contributed by atoms with Crippen LogP contribution >= 0.6 is 0 Å². The number of ether oxygens (including phenoxy) is 1. The lowest BCUT2D eigenvalue weighted by molar-refractivity contribution is 0.102. The zero-order valence-corrected chi connectivity index (χ0v) is 25.8. The maximum Gasteiger partial charge on any atom is 0.255 e. The number of halogens is 1. The summed E-state index contributed by atoms with van der Waals surface area (Å²) in [4.78, 5) is 36.8. The molecule has 0 radical (unpaired) electrons. The minimum Gasteiger partial charge on any atom is -0.492 e. The molecule has 0 saturated carbocycles. The zero-order chi connectivity index (χ0) is 32.5. The van der Waals surface area contributed by atoms with Gasteiger partial charge in [-0.2, -0.15) is 5.10 Å². The van der Waals surface area contributed by atoms with Crippen LogP contribution in [-0.4, -0.2) is 72.2 Å². The topological polar surface area (TPSA) is 138 Å². The van der Waals surface area contributed by atoms with Crippen LogP contribution in [0.15, 0.2) is 91.5 Å². The van der Waals surface area contributed by atoms with Gasteiger partial charge < -0.3 is 15.0 Å². The van der Waals surface area contributed by atoms with E-state index in [1.54, 1.807) is 43.0 Å². The summed E-state index contributed by atoms with van der Waals surface area (Å²) in [6, 6.07) is 19.2. The third-order valence-corrected chi connectivity index (χ3v) is 8.43. The van der Waals surface area contributed by atoms with Gasteiger partial charge in [0.25, 0.3) is 5.91 Å². The average Bonchev–Trinajstić information content (AvgIpc) is 3.88. The Morgan fingerprint density at radius 3 is 2.65 bits per heavy atom. The van der Waals surface area contributed by atoms with Crippen LogP contribution in [0.25, 0.3) is 56.0 Å². The van der Waals surface area contributed by atoms with Crippen molar-refractivity contribution in [3.05, 3.63) is 103 Å². The SMILES string of the molecule is O=C(Nc1cncc(-c2cnc3[nH]nc(-c4nc5c(-c6cc(F)cc(OCCN7CCCC7)c6)nccc5[nH]4)c3c2)c1)c1ccccc1. The van der Waals surface area contributed by atoms with Gasteiger partial charge in [0.2, 0.25) is 0 Å². The Hall–Kier alpha value is -6.01. The zero-order valence-electron chi connectivity index (χ0n) is 25.8. The first-order valence-electron chi connectivity index (χ1n) is 15.7. The molecule has 1 aliphatic heterocycles. The molecule has 8 rings (SSSR count). The number of benzene rings is 2. The van der Waals surface area contributed by atoms with Crippen molar-refractivity contribution in [2.45, 2.75) is 12.8 Å². The predicted octanol–water partition coefficient (Wildman–Crippen LogP) is 6.49. The molecular formula is C36H30FN9O2. The van der Waals surface area contributed by atoms with Gasteiger partial charge in [0.1, 0.15) is 29.4 Å². The summed E-state index contributed by atoms with van der Waals surface area (Å²) >= 11 is 0. The van der Waals surface area contributed by atoms with Crippen LogP contribution in [0.5, 0.6) is 5.75 Å². The molecule has 238 valence electrons. The maximum absolute atomic E-state index is 14.8. The molecule has 1 saturated heterocycles. The number of aromatic nitrogens is 7. The Kier molecular flexibility index (Phi) is 7.75. The lowest BCUT2D eigenvalue weighted by atomic mass is 10.1. The van der Waals surface area contributed by atoms with Crippen molar-refractivity contribution >= 4 is 33.7 Å². The van der Waals surface area contributed by atoms with E-state index in [0.717, 1.165) is 41.7 Å². The fraction of sp³-hybridized carbons (Fsp3) is 0.167. The first kappa shape index (κ1) is 29.4. The molecule has 0 spiro atoms. The first-order chi connectivity index (χ1) is 23.6. The molecule has 1 aliphatic rings.